The van der Waals surface area contributed by atoms with E-state index in [1.54, 1.807) is 0 Å². The van der Waals surface area contributed by atoms with Crippen LogP contribution >= 0.6 is 0 Å². The Morgan fingerprint density at radius 1 is 1.25 bits per heavy atom. The van der Waals surface area contributed by atoms with Crippen LogP contribution in [0.4, 0.5) is 0 Å². The number of ether oxygens (including phenoxy) is 2. The molecule has 158 valence electrons. The number of hydrogen-bond donors (Lipinski definition) is 0. The van der Waals surface area contributed by atoms with E-state index >= 15 is 0 Å². The summed E-state index contributed by atoms with van der Waals surface area (Å²) in [6, 6.07) is 2.25. The van der Waals surface area contributed by atoms with E-state index in [2.05, 4.69) is 54.5 Å². The predicted octanol–water partition coefficient (Wildman–Crippen LogP) is 4.75. The molecule has 0 N–H and O–H groups in total. The van der Waals surface area contributed by atoms with Crippen molar-refractivity contribution in [3.8, 4) is 6.07 Å². The summed E-state index contributed by atoms with van der Waals surface area (Å²) in [5.41, 5.74) is -1.98. The van der Waals surface area contributed by atoms with E-state index in [1.165, 1.54) is 0 Å². The molecule has 0 amide bonds. The lowest BCUT2D eigenvalue weighted by atomic mass is 9.61. The monoisotopic (exact) mass is 391 g/mol. The van der Waals surface area contributed by atoms with Gasteiger partial charge in [0.1, 0.15) is 0 Å². The molecule has 0 aromatic rings. The maximum absolute atomic E-state index is 13.2. The lowest BCUT2D eigenvalue weighted by molar-refractivity contribution is -0.176. The van der Waals surface area contributed by atoms with E-state index in [-0.39, 0.29) is 47.8 Å². The van der Waals surface area contributed by atoms with Gasteiger partial charge in [-0.25, -0.2) is 0 Å². The summed E-state index contributed by atoms with van der Waals surface area (Å²) in [7, 11) is 0. The van der Waals surface area contributed by atoms with E-state index in [9.17, 15) is 14.9 Å². The molecule has 1 aliphatic carbocycles. The maximum Gasteiger partial charge on any atom is 0.326 e. The van der Waals surface area contributed by atoms with Crippen LogP contribution in [0.5, 0.6) is 0 Å². The molecular weight excluding hydrogens is 354 g/mol. The minimum atomic E-state index is -1.08. The highest BCUT2D eigenvalue weighted by Crippen LogP contribution is 2.53. The second kappa shape index (κ2) is 7.35. The standard InChI is InChI=1S/C23H37NO4/c1-15-9-17-16(12-28-19(26)23(17,10-15)14-24)11-27-18(25)22(8,21(5,6)7)13-20(2,3)4/h15-17H,9-13H2,1-8H3. The summed E-state index contributed by atoms with van der Waals surface area (Å²) in [5.74, 6) is -0.552. The third kappa shape index (κ3) is 4.07. The Bertz CT molecular complexity index is 666. The number of cyclic esters (lactones) is 1. The molecular formula is C23H37NO4. The highest BCUT2D eigenvalue weighted by Gasteiger charge is 2.59. The summed E-state index contributed by atoms with van der Waals surface area (Å²) in [4.78, 5) is 25.6. The number of nitrogens with zero attached hydrogens (tertiary/aromatic N) is 1. The number of rotatable bonds is 4. The Balaban J connectivity index is 2.17. The third-order valence-electron chi connectivity index (χ3n) is 6.94. The van der Waals surface area contributed by atoms with Crippen molar-refractivity contribution in [3.05, 3.63) is 0 Å². The molecule has 0 aromatic heterocycles. The maximum atomic E-state index is 13.2. The first kappa shape index (κ1) is 22.7. The molecule has 1 heterocycles. The van der Waals surface area contributed by atoms with Crippen molar-refractivity contribution in [1.82, 2.24) is 0 Å². The van der Waals surface area contributed by atoms with Crippen LogP contribution in [0.1, 0.15) is 74.7 Å². The molecule has 2 rings (SSSR count). The SMILES string of the molecule is CC1CC2C(COC(=O)C(C)(CC(C)(C)C)C(C)(C)C)COC(=O)C2(C#N)C1. The lowest BCUT2D eigenvalue weighted by Gasteiger charge is -2.44. The van der Waals surface area contributed by atoms with Crippen molar-refractivity contribution < 1.29 is 19.1 Å². The summed E-state index contributed by atoms with van der Waals surface area (Å²) in [6.45, 7) is 17.1. The number of carbonyl (C=O) groups is 2. The van der Waals surface area contributed by atoms with E-state index in [4.69, 9.17) is 9.47 Å². The molecule has 1 saturated carbocycles. The number of fused-ring (bicyclic) bond motifs is 1. The van der Waals surface area contributed by atoms with Crippen LogP contribution in [0, 0.1) is 50.7 Å². The molecule has 28 heavy (non-hydrogen) atoms. The minimum absolute atomic E-state index is 0.0156. The fraction of sp³-hybridized carbons (Fsp3) is 0.870. The van der Waals surface area contributed by atoms with Crippen LogP contribution < -0.4 is 0 Å². The highest BCUT2D eigenvalue weighted by atomic mass is 16.6. The zero-order valence-corrected chi connectivity index (χ0v) is 18.8. The predicted molar refractivity (Wildman–Crippen MR) is 107 cm³/mol. The number of hydrogen-bond acceptors (Lipinski definition) is 5. The molecule has 2 fully saturated rings. The smallest absolute Gasteiger partial charge is 0.326 e. The van der Waals surface area contributed by atoms with Gasteiger partial charge < -0.3 is 9.47 Å². The molecule has 2 aliphatic rings. The fourth-order valence-electron chi connectivity index (χ4n) is 5.06. The second-order valence-electron chi connectivity index (χ2n) is 11.5. The van der Waals surface area contributed by atoms with Gasteiger partial charge in [0, 0.05) is 5.92 Å². The normalized spacial score (nSPS) is 32.7. The van der Waals surface area contributed by atoms with Gasteiger partial charge in [0.2, 0.25) is 0 Å². The van der Waals surface area contributed by atoms with Crippen LogP contribution in [0.2, 0.25) is 0 Å². The summed E-state index contributed by atoms with van der Waals surface area (Å²) in [5, 5.41) is 9.74. The van der Waals surface area contributed by atoms with Crippen molar-refractivity contribution in [2.24, 2.45) is 39.4 Å². The zero-order chi connectivity index (χ0) is 21.5. The van der Waals surface area contributed by atoms with Gasteiger partial charge in [-0.05, 0) is 48.9 Å². The number of nitriles is 1. The lowest BCUT2D eigenvalue weighted by Crippen LogP contribution is -2.48. The van der Waals surface area contributed by atoms with Gasteiger partial charge in [-0.15, -0.1) is 0 Å². The largest absolute Gasteiger partial charge is 0.465 e. The molecule has 0 aromatic carbocycles. The average molecular weight is 392 g/mol. The van der Waals surface area contributed by atoms with Crippen molar-refractivity contribution >= 4 is 11.9 Å². The van der Waals surface area contributed by atoms with Crippen LogP contribution in [-0.2, 0) is 19.1 Å². The van der Waals surface area contributed by atoms with Crippen molar-refractivity contribution in [1.29, 1.82) is 5.26 Å². The van der Waals surface area contributed by atoms with Gasteiger partial charge in [0.05, 0.1) is 24.7 Å². The number of esters is 2. The first-order chi connectivity index (χ1) is 12.7. The topological polar surface area (TPSA) is 76.4 Å². The van der Waals surface area contributed by atoms with Crippen LogP contribution in [0.15, 0.2) is 0 Å². The Labute approximate surface area is 170 Å². The Morgan fingerprint density at radius 3 is 2.36 bits per heavy atom. The summed E-state index contributed by atoms with van der Waals surface area (Å²) >= 11 is 0. The van der Waals surface area contributed by atoms with Gasteiger partial charge >= 0.3 is 11.9 Å². The second-order valence-corrected chi connectivity index (χ2v) is 11.5. The highest BCUT2D eigenvalue weighted by molar-refractivity contribution is 5.82. The van der Waals surface area contributed by atoms with E-state index in [0.29, 0.717) is 12.8 Å². The van der Waals surface area contributed by atoms with Gasteiger partial charge in [0.15, 0.2) is 5.41 Å². The molecule has 0 spiro atoms. The van der Waals surface area contributed by atoms with Crippen molar-refractivity contribution in [2.45, 2.75) is 74.7 Å². The van der Waals surface area contributed by atoms with Gasteiger partial charge in [-0.3, -0.25) is 9.59 Å². The molecule has 5 heteroatoms. The zero-order valence-electron chi connectivity index (χ0n) is 18.8. The fourth-order valence-corrected chi connectivity index (χ4v) is 5.06. The quantitative estimate of drug-likeness (QED) is 0.647. The average Bonchev–Trinajstić information content (AvgIpc) is 2.90. The van der Waals surface area contributed by atoms with E-state index < -0.39 is 16.8 Å². The van der Waals surface area contributed by atoms with Gasteiger partial charge in [-0.1, -0.05) is 48.5 Å². The summed E-state index contributed by atoms with van der Waals surface area (Å²) < 4.78 is 11.2. The van der Waals surface area contributed by atoms with Crippen LogP contribution in [0.25, 0.3) is 0 Å². The minimum Gasteiger partial charge on any atom is -0.465 e. The van der Waals surface area contributed by atoms with Crippen molar-refractivity contribution in [3.63, 3.8) is 0 Å². The van der Waals surface area contributed by atoms with Gasteiger partial charge in [0.25, 0.3) is 0 Å². The molecule has 1 aliphatic heterocycles. The van der Waals surface area contributed by atoms with Crippen molar-refractivity contribution in [2.75, 3.05) is 13.2 Å². The Morgan fingerprint density at radius 2 is 1.86 bits per heavy atom. The number of carbonyl (C=O) groups excluding carboxylic acids is 2. The Kier molecular flexibility index (Phi) is 5.97. The van der Waals surface area contributed by atoms with Gasteiger partial charge in [-0.2, -0.15) is 5.26 Å². The first-order valence-corrected chi connectivity index (χ1v) is 10.4. The molecule has 0 radical (unpaired) electrons. The van der Waals surface area contributed by atoms with E-state index in [1.807, 2.05) is 6.92 Å². The molecule has 1 saturated heterocycles. The van der Waals surface area contributed by atoms with Crippen LogP contribution in [0.3, 0.4) is 0 Å². The first-order valence-electron chi connectivity index (χ1n) is 10.4. The summed E-state index contributed by atoms with van der Waals surface area (Å²) in [6.07, 6.45) is 2.04. The molecule has 5 nitrogen and oxygen atoms in total. The molecule has 5 atom stereocenters. The van der Waals surface area contributed by atoms with Crippen LogP contribution in [-0.4, -0.2) is 25.2 Å². The molecule has 0 bridgehead atoms. The Hall–Kier alpha value is -1.57. The third-order valence-corrected chi connectivity index (χ3v) is 6.94. The molecule has 5 unspecified atom stereocenters. The van der Waals surface area contributed by atoms with E-state index in [0.717, 1.165) is 6.42 Å².